The Morgan fingerprint density at radius 1 is 0.826 bits per heavy atom. The predicted octanol–water partition coefficient (Wildman–Crippen LogP) is 3.02. The minimum Gasteiger partial charge on any atom is -0.436 e. The predicted molar refractivity (Wildman–Crippen MR) is 107 cm³/mol. The van der Waals surface area contributed by atoms with Gasteiger partial charge in [-0.3, -0.25) is 0 Å². The van der Waals surface area contributed by atoms with Gasteiger partial charge in [0.05, 0.1) is 0 Å². The zero-order chi connectivity index (χ0) is 16.8. The van der Waals surface area contributed by atoms with Crippen molar-refractivity contribution in [3.8, 4) is 0 Å². The second-order valence-electron chi connectivity index (χ2n) is 6.04. The maximum absolute atomic E-state index is 7.03. The van der Waals surface area contributed by atoms with Crippen LogP contribution in [0.25, 0.3) is 0 Å². The summed E-state index contributed by atoms with van der Waals surface area (Å²) in [4.78, 5) is 0. The van der Waals surface area contributed by atoms with Gasteiger partial charge >= 0.3 is 8.56 Å². The van der Waals surface area contributed by atoms with E-state index in [1.165, 1.54) is 10.4 Å². The molecule has 0 amide bonds. The fourth-order valence-corrected chi connectivity index (χ4v) is 13.4. The summed E-state index contributed by atoms with van der Waals surface area (Å²) >= 11 is 0. The summed E-state index contributed by atoms with van der Waals surface area (Å²) in [5.41, 5.74) is 0. The first-order chi connectivity index (χ1) is 11.1. The third kappa shape index (κ3) is 4.10. The van der Waals surface area contributed by atoms with E-state index in [-0.39, 0.29) is 0 Å². The minimum absolute atomic E-state index is 0.603. The van der Waals surface area contributed by atoms with Crippen molar-refractivity contribution in [2.75, 3.05) is 0 Å². The second kappa shape index (κ2) is 8.21. The number of hydrogen-bond donors (Lipinski definition) is 0. The Bertz CT molecular complexity index is 546. The third-order valence-electron chi connectivity index (χ3n) is 4.54. The number of rotatable bonds is 8. The molecule has 0 saturated carbocycles. The SMILES string of the molecule is CC[Si](C)(CC)O[Si](O[SiH2]C)(c1ccccc1)c1ccccc1. The monoisotopic (exact) mass is 360 g/mol. The third-order valence-corrected chi connectivity index (χ3v) is 15.6. The maximum atomic E-state index is 7.03. The molecule has 0 spiro atoms. The van der Waals surface area contributed by atoms with Crippen LogP contribution in [0.15, 0.2) is 60.7 Å². The van der Waals surface area contributed by atoms with Crippen LogP contribution in [-0.2, 0) is 8.23 Å². The van der Waals surface area contributed by atoms with Crippen LogP contribution in [0, 0.1) is 0 Å². The molecule has 0 aromatic heterocycles. The van der Waals surface area contributed by atoms with E-state index in [0.717, 1.165) is 12.1 Å². The first kappa shape index (κ1) is 18.4. The standard InChI is InChI=1S/C18H28O2Si3/c1-5-22(4,6-2)20-23(19-21-3,17-13-9-7-10-14-17)18-15-11-8-12-16-18/h7-16H,5-6,21H2,1-4H3. The zero-order valence-electron chi connectivity index (χ0n) is 14.7. The molecule has 0 unspecified atom stereocenters. The van der Waals surface area contributed by atoms with E-state index < -0.39 is 26.6 Å². The molecule has 0 aliphatic rings. The summed E-state index contributed by atoms with van der Waals surface area (Å²) in [7, 11) is -4.98. The minimum atomic E-state index is -2.60. The van der Waals surface area contributed by atoms with Crippen LogP contribution in [0.5, 0.6) is 0 Å². The topological polar surface area (TPSA) is 18.5 Å². The van der Waals surface area contributed by atoms with E-state index >= 15 is 0 Å². The lowest BCUT2D eigenvalue weighted by atomic mass is 10.4. The molecule has 0 fully saturated rings. The van der Waals surface area contributed by atoms with Crippen LogP contribution in [0.1, 0.15) is 13.8 Å². The van der Waals surface area contributed by atoms with Crippen molar-refractivity contribution < 1.29 is 8.23 Å². The van der Waals surface area contributed by atoms with Crippen LogP contribution >= 0.6 is 0 Å². The van der Waals surface area contributed by atoms with E-state index in [4.69, 9.17) is 8.23 Å². The van der Waals surface area contributed by atoms with E-state index in [0.29, 0.717) is 0 Å². The Balaban J connectivity index is 2.61. The van der Waals surface area contributed by atoms with Gasteiger partial charge < -0.3 is 8.23 Å². The highest BCUT2D eigenvalue weighted by Crippen LogP contribution is 2.23. The number of hydrogen-bond acceptors (Lipinski definition) is 2. The molecule has 0 radical (unpaired) electrons. The van der Waals surface area contributed by atoms with Crippen LogP contribution in [-0.4, -0.2) is 26.6 Å². The molecule has 2 aromatic rings. The Morgan fingerprint density at radius 3 is 1.61 bits per heavy atom. The largest absolute Gasteiger partial charge is 0.436 e. The average Bonchev–Trinajstić information content (AvgIpc) is 2.62. The molecule has 0 aliphatic heterocycles. The molecule has 0 saturated heterocycles. The second-order valence-corrected chi connectivity index (χ2v) is 15.3. The Labute approximate surface area is 145 Å². The van der Waals surface area contributed by atoms with Gasteiger partial charge in [0.25, 0.3) is 0 Å². The quantitative estimate of drug-likeness (QED) is 0.674. The summed E-state index contributed by atoms with van der Waals surface area (Å²) in [6.45, 7) is 9.07. The molecule has 2 nitrogen and oxygen atoms in total. The van der Waals surface area contributed by atoms with Gasteiger partial charge in [0.15, 0.2) is 8.32 Å². The van der Waals surface area contributed by atoms with Gasteiger partial charge in [-0.15, -0.1) is 0 Å². The highest BCUT2D eigenvalue weighted by Gasteiger charge is 2.46. The Hall–Kier alpha value is -0.989. The highest BCUT2D eigenvalue weighted by atomic mass is 28.5. The van der Waals surface area contributed by atoms with E-state index in [1.807, 2.05) is 0 Å². The van der Waals surface area contributed by atoms with E-state index in [2.05, 4.69) is 87.6 Å². The molecular weight excluding hydrogens is 332 g/mol. The van der Waals surface area contributed by atoms with Crippen molar-refractivity contribution in [3.63, 3.8) is 0 Å². The van der Waals surface area contributed by atoms with Gasteiger partial charge in [0.1, 0.15) is 9.76 Å². The molecule has 2 aromatic carbocycles. The van der Waals surface area contributed by atoms with Gasteiger partial charge in [0.2, 0.25) is 0 Å². The summed E-state index contributed by atoms with van der Waals surface area (Å²) in [6, 6.07) is 23.5. The number of benzene rings is 2. The van der Waals surface area contributed by atoms with Crippen molar-refractivity contribution in [2.24, 2.45) is 0 Å². The van der Waals surface area contributed by atoms with Gasteiger partial charge in [-0.1, -0.05) is 81.1 Å². The van der Waals surface area contributed by atoms with Crippen molar-refractivity contribution >= 4 is 37.0 Å². The van der Waals surface area contributed by atoms with Crippen molar-refractivity contribution in [1.29, 1.82) is 0 Å². The lowest BCUT2D eigenvalue weighted by Gasteiger charge is -2.39. The van der Waals surface area contributed by atoms with Crippen LogP contribution in [0.2, 0.25) is 25.2 Å². The molecule has 23 heavy (non-hydrogen) atoms. The molecule has 0 N–H and O–H groups in total. The molecule has 0 atom stereocenters. The average molecular weight is 361 g/mol. The first-order valence-electron chi connectivity index (χ1n) is 8.55. The Morgan fingerprint density at radius 2 is 1.26 bits per heavy atom. The van der Waals surface area contributed by atoms with Crippen LogP contribution in [0.3, 0.4) is 0 Å². The molecular formula is C18H28O2Si3. The molecule has 0 heterocycles. The van der Waals surface area contributed by atoms with Crippen LogP contribution in [0.4, 0.5) is 0 Å². The fraction of sp³-hybridized carbons (Fsp3) is 0.333. The summed E-state index contributed by atoms with van der Waals surface area (Å²) in [5, 5.41) is 2.47. The molecule has 0 aliphatic carbocycles. The highest BCUT2D eigenvalue weighted by molar-refractivity contribution is 7.00. The molecule has 0 bridgehead atoms. The summed E-state index contributed by atoms with van der Waals surface area (Å²) in [6.07, 6.45) is 0. The van der Waals surface area contributed by atoms with Gasteiger partial charge in [0, 0.05) is 0 Å². The van der Waals surface area contributed by atoms with Crippen molar-refractivity contribution in [2.45, 2.75) is 39.0 Å². The van der Waals surface area contributed by atoms with Crippen LogP contribution < -0.4 is 10.4 Å². The van der Waals surface area contributed by atoms with Gasteiger partial charge in [-0.05, 0) is 29.0 Å². The molecule has 2 rings (SSSR count). The summed E-state index contributed by atoms with van der Waals surface area (Å²) in [5.74, 6) is 0. The Kier molecular flexibility index (Phi) is 6.55. The van der Waals surface area contributed by atoms with Crippen molar-refractivity contribution in [1.82, 2.24) is 0 Å². The lowest BCUT2D eigenvalue weighted by molar-refractivity contribution is 0.423. The smallest absolute Gasteiger partial charge is 0.386 e. The lowest BCUT2D eigenvalue weighted by Crippen LogP contribution is -2.67. The van der Waals surface area contributed by atoms with Gasteiger partial charge in [-0.25, -0.2) is 0 Å². The molecule has 5 heteroatoms. The first-order valence-corrected chi connectivity index (χ1v) is 15.2. The van der Waals surface area contributed by atoms with Crippen molar-refractivity contribution in [3.05, 3.63) is 60.7 Å². The zero-order valence-corrected chi connectivity index (χ0v) is 18.1. The maximum Gasteiger partial charge on any atom is 0.386 e. The van der Waals surface area contributed by atoms with Gasteiger partial charge in [-0.2, -0.15) is 0 Å². The molecule has 124 valence electrons. The summed E-state index contributed by atoms with van der Waals surface area (Å²) < 4.78 is 13.6. The van der Waals surface area contributed by atoms with E-state index in [9.17, 15) is 0 Å². The normalized spacial score (nSPS) is 12.9. The van der Waals surface area contributed by atoms with E-state index in [1.54, 1.807) is 0 Å². The fourth-order valence-electron chi connectivity index (χ4n) is 2.74.